The van der Waals surface area contributed by atoms with E-state index in [1.165, 1.54) is 35.1 Å². The van der Waals surface area contributed by atoms with Gasteiger partial charge >= 0.3 is 0 Å². The fourth-order valence-electron chi connectivity index (χ4n) is 2.88. The van der Waals surface area contributed by atoms with E-state index in [1.54, 1.807) is 23.1 Å². The summed E-state index contributed by atoms with van der Waals surface area (Å²) in [7, 11) is 3.90. The summed E-state index contributed by atoms with van der Waals surface area (Å²) in [5.41, 5.74) is 3.82. The Kier molecular flexibility index (Phi) is 6.59. The predicted octanol–water partition coefficient (Wildman–Crippen LogP) is 4.43. The molecule has 0 saturated carbocycles. The van der Waals surface area contributed by atoms with Crippen molar-refractivity contribution in [3.05, 3.63) is 69.3 Å². The maximum Gasteiger partial charge on any atom is 0.270 e. The number of non-ortho nitro benzene ring substituents is 1. The number of rotatable bonds is 7. The molecule has 2 aromatic carbocycles. The van der Waals surface area contributed by atoms with Crippen molar-refractivity contribution in [1.29, 1.82) is 0 Å². The zero-order valence-corrected chi connectivity index (χ0v) is 18.3. The fourth-order valence-corrected chi connectivity index (χ4v) is 3.96. The molecule has 3 rings (SSSR count). The third-order valence-corrected chi connectivity index (χ3v) is 5.80. The van der Waals surface area contributed by atoms with Gasteiger partial charge in [-0.15, -0.1) is 0 Å². The van der Waals surface area contributed by atoms with E-state index in [2.05, 4.69) is 18.0 Å². The number of nitro groups is 1. The molecule has 0 atom stereocenters. The Morgan fingerprint density at radius 2 is 1.90 bits per heavy atom. The van der Waals surface area contributed by atoms with Gasteiger partial charge in [0.05, 0.1) is 15.1 Å². The molecule has 0 bridgehead atoms. The Morgan fingerprint density at radius 1 is 1.17 bits per heavy atom. The molecule has 1 heterocycles. The zero-order valence-electron chi connectivity index (χ0n) is 17.5. The number of amides is 1. The number of hydrogen-bond acceptors (Lipinski definition) is 6. The third kappa shape index (κ3) is 5.08. The van der Waals surface area contributed by atoms with Crippen LogP contribution in [0.3, 0.4) is 0 Å². The molecule has 156 valence electrons. The highest BCUT2D eigenvalue weighted by Crippen LogP contribution is 2.31. The van der Waals surface area contributed by atoms with Crippen molar-refractivity contribution in [1.82, 2.24) is 9.88 Å². The first-order chi connectivity index (χ1) is 14.2. The molecule has 0 spiro atoms. The molecule has 30 heavy (non-hydrogen) atoms. The molecule has 0 saturated heterocycles. The van der Waals surface area contributed by atoms with Crippen LogP contribution in [0.4, 0.5) is 10.8 Å². The van der Waals surface area contributed by atoms with Crippen LogP contribution in [-0.4, -0.2) is 47.9 Å². The normalized spacial score (nSPS) is 11.5. The summed E-state index contributed by atoms with van der Waals surface area (Å²) in [5, 5.41) is 11.6. The second kappa shape index (κ2) is 9.15. The third-order valence-electron chi connectivity index (χ3n) is 4.76. The van der Waals surface area contributed by atoms with Crippen LogP contribution >= 0.6 is 11.3 Å². The van der Waals surface area contributed by atoms with Gasteiger partial charge in [0.15, 0.2) is 5.13 Å². The van der Waals surface area contributed by atoms with Crippen LogP contribution in [0.5, 0.6) is 0 Å². The molecule has 8 heteroatoms. The molecule has 0 N–H and O–H groups in total. The first kappa shape index (κ1) is 21.6. The van der Waals surface area contributed by atoms with E-state index in [0.29, 0.717) is 23.8 Å². The SMILES string of the molecule is Cc1cc2nc(N(CCN(C)C)C(=O)/C=C/c3cccc([N+](=O)[O-])c3)sc2cc1C. The van der Waals surface area contributed by atoms with Gasteiger partial charge in [0, 0.05) is 31.3 Å². The number of benzene rings is 2. The highest BCUT2D eigenvalue weighted by atomic mass is 32.1. The molecule has 0 fully saturated rings. The van der Waals surface area contributed by atoms with E-state index in [0.717, 1.165) is 15.8 Å². The molecule has 1 amide bonds. The van der Waals surface area contributed by atoms with Gasteiger partial charge in [-0.25, -0.2) is 4.98 Å². The van der Waals surface area contributed by atoms with Gasteiger partial charge in [-0.2, -0.15) is 0 Å². The maximum atomic E-state index is 13.0. The molecule has 0 aliphatic heterocycles. The monoisotopic (exact) mass is 424 g/mol. The van der Waals surface area contributed by atoms with Gasteiger partial charge in [-0.3, -0.25) is 19.8 Å². The van der Waals surface area contributed by atoms with Crippen LogP contribution in [0.2, 0.25) is 0 Å². The smallest absolute Gasteiger partial charge is 0.270 e. The van der Waals surface area contributed by atoms with Gasteiger partial charge < -0.3 is 4.90 Å². The zero-order chi connectivity index (χ0) is 21.8. The number of anilines is 1. The summed E-state index contributed by atoms with van der Waals surface area (Å²) in [5.74, 6) is -0.212. The van der Waals surface area contributed by atoms with Crippen LogP contribution in [0.25, 0.3) is 16.3 Å². The van der Waals surface area contributed by atoms with Crippen molar-refractivity contribution in [3.63, 3.8) is 0 Å². The van der Waals surface area contributed by atoms with Crippen LogP contribution in [-0.2, 0) is 4.79 Å². The van der Waals surface area contributed by atoms with Crippen LogP contribution < -0.4 is 4.90 Å². The Morgan fingerprint density at radius 3 is 2.60 bits per heavy atom. The summed E-state index contributed by atoms with van der Waals surface area (Å²) in [6.45, 7) is 5.28. The van der Waals surface area contributed by atoms with Gasteiger partial charge in [-0.05, 0) is 62.8 Å². The quantitative estimate of drug-likeness (QED) is 0.318. The molecule has 3 aromatic rings. The van der Waals surface area contributed by atoms with Crippen LogP contribution in [0.1, 0.15) is 16.7 Å². The van der Waals surface area contributed by atoms with Crippen LogP contribution in [0.15, 0.2) is 42.5 Å². The van der Waals surface area contributed by atoms with E-state index in [1.807, 2.05) is 32.0 Å². The van der Waals surface area contributed by atoms with Crippen molar-refractivity contribution >= 4 is 44.4 Å². The number of carbonyl (C=O) groups is 1. The lowest BCUT2D eigenvalue weighted by atomic mass is 10.1. The minimum atomic E-state index is -0.451. The molecule has 0 aliphatic rings. The molecule has 1 aromatic heterocycles. The van der Waals surface area contributed by atoms with Crippen molar-refractivity contribution in [2.75, 3.05) is 32.1 Å². The largest absolute Gasteiger partial charge is 0.308 e. The molecule has 0 radical (unpaired) electrons. The maximum absolute atomic E-state index is 13.0. The Labute approximate surface area is 179 Å². The summed E-state index contributed by atoms with van der Waals surface area (Å²) in [4.78, 5) is 31.9. The van der Waals surface area contributed by atoms with Crippen LogP contribution in [0, 0.1) is 24.0 Å². The molecule has 0 aliphatic carbocycles. The van der Waals surface area contributed by atoms with E-state index >= 15 is 0 Å². The van der Waals surface area contributed by atoms with Gasteiger partial charge in [-0.1, -0.05) is 23.5 Å². The summed E-state index contributed by atoms with van der Waals surface area (Å²) in [6.07, 6.45) is 3.04. The van der Waals surface area contributed by atoms with E-state index in [-0.39, 0.29) is 11.6 Å². The summed E-state index contributed by atoms with van der Waals surface area (Å²) >= 11 is 1.49. The molecule has 0 unspecified atom stereocenters. The number of likely N-dealkylation sites (N-methyl/N-ethyl adjacent to an activating group) is 1. The minimum Gasteiger partial charge on any atom is -0.308 e. The first-order valence-corrected chi connectivity index (χ1v) is 10.3. The highest BCUT2D eigenvalue weighted by Gasteiger charge is 2.18. The average Bonchev–Trinajstić information content (AvgIpc) is 3.09. The second-order valence-electron chi connectivity index (χ2n) is 7.38. The lowest BCUT2D eigenvalue weighted by molar-refractivity contribution is -0.384. The van der Waals surface area contributed by atoms with Crippen molar-refractivity contribution in [3.8, 4) is 0 Å². The molecular weight excluding hydrogens is 400 g/mol. The van der Waals surface area contributed by atoms with Gasteiger partial charge in [0.25, 0.3) is 11.6 Å². The van der Waals surface area contributed by atoms with Crippen molar-refractivity contribution in [2.24, 2.45) is 0 Å². The number of nitro benzene ring substituents is 1. The first-order valence-electron chi connectivity index (χ1n) is 9.51. The minimum absolute atomic E-state index is 0.00836. The predicted molar refractivity (Wildman–Crippen MR) is 122 cm³/mol. The Hall–Kier alpha value is -3.10. The summed E-state index contributed by atoms with van der Waals surface area (Å²) in [6, 6.07) is 10.3. The highest BCUT2D eigenvalue weighted by molar-refractivity contribution is 7.22. The number of nitrogens with zero attached hydrogens (tertiary/aromatic N) is 4. The number of aryl methyl sites for hydroxylation is 2. The number of thiazole rings is 1. The number of aromatic nitrogens is 1. The number of hydrogen-bond donors (Lipinski definition) is 0. The number of fused-ring (bicyclic) bond motifs is 1. The standard InChI is InChI=1S/C22H24N4O3S/c1-15-12-19-20(13-16(15)2)30-22(23-19)25(11-10-24(3)4)21(27)9-8-17-6-5-7-18(14-17)26(28)29/h5-9,12-14H,10-11H2,1-4H3/b9-8+. The lowest BCUT2D eigenvalue weighted by Gasteiger charge is -2.20. The fraction of sp³-hybridized carbons (Fsp3) is 0.273. The molecule has 7 nitrogen and oxygen atoms in total. The van der Waals surface area contributed by atoms with Gasteiger partial charge in [0.2, 0.25) is 0 Å². The van der Waals surface area contributed by atoms with Gasteiger partial charge in [0.1, 0.15) is 0 Å². The summed E-state index contributed by atoms with van der Waals surface area (Å²) < 4.78 is 1.04. The van der Waals surface area contributed by atoms with E-state index < -0.39 is 4.92 Å². The van der Waals surface area contributed by atoms with Crippen molar-refractivity contribution < 1.29 is 9.72 Å². The lowest BCUT2D eigenvalue weighted by Crippen LogP contribution is -2.35. The topological polar surface area (TPSA) is 79.6 Å². The van der Waals surface area contributed by atoms with Crippen molar-refractivity contribution in [2.45, 2.75) is 13.8 Å². The Bertz CT molecular complexity index is 1080. The van der Waals surface area contributed by atoms with E-state index in [9.17, 15) is 14.9 Å². The average molecular weight is 425 g/mol. The molecular formula is C22H24N4O3S. The second-order valence-corrected chi connectivity index (χ2v) is 8.39. The number of carbonyl (C=O) groups excluding carboxylic acids is 1. The Balaban J connectivity index is 1.90. The van der Waals surface area contributed by atoms with E-state index in [4.69, 9.17) is 0 Å².